The van der Waals surface area contributed by atoms with Crippen LogP contribution in [-0.4, -0.2) is 19.7 Å². The molecule has 2 N–H and O–H groups in total. The molecule has 0 aliphatic carbocycles. The molecule has 0 fully saturated rings. The number of rotatable bonds is 5. The molecule has 17 heavy (non-hydrogen) atoms. The lowest BCUT2D eigenvalue weighted by molar-refractivity contribution is 0.551. The number of benzene rings is 1. The number of hydrogen-bond donors (Lipinski definition) is 1. The summed E-state index contributed by atoms with van der Waals surface area (Å²) in [7, 11) is -3.26. The molecule has 0 aliphatic rings. The summed E-state index contributed by atoms with van der Waals surface area (Å²) in [6.45, 7) is 3.53. The zero-order valence-corrected chi connectivity index (χ0v) is 11.6. The van der Waals surface area contributed by atoms with Crippen LogP contribution in [0, 0.1) is 0 Å². The summed E-state index contributed by atoms with van der Waals surface area (Å²) < 4.78 is 24.2. The minimum atomic E-state index is -3.26. The van der Waals surface area contributed by atoms with Crippen LogP contribution in [0.15, 0.2) is 24.3 Å². The summed E-state index contributed by atoms with van der Waals surface area (Å²) >= 11 is 5.95. The highest BCUT2D eigenvalue weighted by molar-refractivity contribution is 7.91. The van der Waals surface area contributed by atoms with Crippen molar-refractivity contribution in [1.29, 1.82) is 0 Å². The predicted octanol–water partition coefficient (Wildman–Crippen LogP) is 2.38. The summed E-state index contributed by atoms with van der Waals surface area (Å²) in [5, 5.41) is -0.0721. The summed E-state index contributed by atoms with van der Waals surface area (Å²) in [4.78, 5) is 0. The van der Waals surface area contributed by atoms with Crippen molar-refractivity contribution in [3.63, 3.8) is 0 Å². The Morgan fingerprint density at radius 3 is 2.47 bits per heavy atom. The molecule has 0 saturated carbocycles. The molecule has 0 bridgehead atoms. The van der Waals surface area contributed by atoms with E-state index in [-0.39, 0.29) is 11.8 Å². The molecule has 1 rings (SSSR count). The van der Waals surface area contributed by atoms with Gasteiger partial charge in [-0.25, -0.2) is 8.42 Å². The fourth-order valence-corrected chi connectivity index (χ4v) is 3.52. The predicted molar refractivity (Wildman–Crippen MR) is 71.8 cm³/mol. The van der Waals surface area contributed by atoms with Gasteiger partial charge in [0.15, 0.2) is 9.84 Å². The molecule has 0 aliphatic heterocycles. The topological polar surface area (TPSA) is 60.2 Å². The van der Waals surface area contributed by atoms with Crippen LogP contribution in [0.5, 0.6) is 0 Å². The van der Waals surface area contributed by atoms with Gasteiger partial charge in [-0.1, -0.05) is 36.7 Å². The van der Waals surface area contributed by atoms with Gasteiger partial charge in [0.1, 0.15) is 0 Å². The molecule has 2 atom stereocenters. The second-order valence-electron chi connectivity index (χ2n) is 4.18. The summed E-state index contributed by atoms with van der Waals surface area (Å²) in [5.41, 5.74) is 6.41. The van der Waals surface area contributed by atoms with Gasteiger partial charge in [-0.2, -0.15) is 0 Å². The summed E-state index contributed by atoms with van der Waals surface area (Å²) in [6.07, 6.45) is 0.642. The van der Waals surface area contributed by atoms with E-state index < -0.39 is 15.1 Å². The van der Waals surface area contributed by atoms with Crippen molar-refractivity contribution in [1.82, 2.24) is 0 Å². The first-order valence-electron chi connectivity index (χ1n) is 5.59. The molecular formula is C12H18ClNO2S. The highest BCUT2D eigenvalue weighted by Gasteiger charge is 2.26. The number of hydrogen-bond acceptors (Lipinski definition) is 3. The van der Waals surface area contributed by atoms with Crippen LogP contribution in [0.2, 0.25) is 5.02 Å². The van der Waals surface area contributed by atoms with Crippen molar-refractivity contribution in [2.45, 2.75) is 37.3 Å². The molecule has 5 heteroatoms. The van der Waals surface area contributed by atoms with Crippen molar-refractivity contribution < 1.29 is 8.42 Å². The maximum atomic E-state index is 12.1. The third-order valence-corrected chi connectivity index (χ3v) is 5.52. The highest BCUT2D eigenvalue weighted by atomic mass is 35.5. The van der Waals surface area contributed by atoms with E-state index in [1.165, 1.54) is 0 Å². The first-order valence-corrected chi connectivity index (χ1v) is 7.68. The molecule has 0 radical (unpaired) electrons. The monoisotopic (exact) mass is 275 g/mol. The molecule has 2 unspecified atom stereocenters. The van der Waals surface area contributed by atoms with Crippen LogP contribution in [0.3, 0.4) is 0 Å². The van der Waals surface area contributed by atoms with Gasteiger partial charge < -0.3 is 5.73 Å². The van der Waals surface area contributed by atoms with Gasteiger partial charge in [-0.3, -0.25) is 0 Å². The zero-order valence-electron chi connectivity index (χ0n) is 10.1. The maximum absolute atomic E-state index is 12.1. The van der Waals surface area contributed by atoms with Crippen LogP contribution >= 0.6 is 11.6 Å². The smallest absolute Gasteiger partial charge is 0.158 e. The molecule has 3 nitrogen and oxygen atoms in total. The van der Waals surface area contributed by atoms with E-state index >= 15 is 0 Å². The molecule has 0 amide bonds. The Balaban J connectivity index is 2.91. The van der Waals surface area contributed by atoms with Gasteiger partial charge in [0.25, 0.3) is 0 Å². The number of nitrogens with two attached hydrogens (primary N) is 1. The quantitative estimate of drug-likeness (QED) is 0.897. The minimum absolute atomic E-state index is 0.0540. The van der Waals surface area contributed by atoms with Gasteiger partial charge >= 0.3 is 0 Å². The van der Waals surface area contributed by atoms with Gasteiger partial charge in [-0.05, 0) is 25.0 Å². The SMILES string of the molecule is CCC(N)C(C)S(=O)(=O)Cc1ccccc1Cl. The average molecular weight is 276 g/mol. The maximum Gasteiger partial charge on any atom is 0.158 e. The van der Waals surface area contributed by atoms with Crippen LogP contribution in [0.4, 0.5) is 0 Å². The van der Waals surface area contributed by atoms with Crippen molar-refractivity contribution in [2.75, 3.05) is 0 Å². The van der Waals surface area contributed by atoms with Crippen LogP contribution in [-0.2, 0) is 15.6 Å². The number of halogens is 1. The molecule has 0 saturated heterocycles. The van der Waals surface area contributed by atoms with Gasteiger partial charge in [0.05, 0.1) is 11.0 Å². The molecule has 0 aromatic heterocycles. The van der Waals surface area contributed by atoms with Crippen molar-refractivity contribution in [3.05, 3.63) is 34.9 Å². The van der Waals surface area contributed by atoms with E-state index in [4.69, 9.17) is 17.3 Å². The Morgan fingerprint density at radius 2 is 1.94 bits per heavy atom. The Labute approximate surface area is 108 Å². The van der Waals surface area contributed by atoms with Crippen LogP contribution < -0.4 is 5.73 Å². The van der Waals surface area contributed by atoms with Gasteiger partial charge in [0, 0.05) is 11.1 Å². The van der Waals surface area contributed by atoms with Crippen molar-refractivity contribution in [3.8, 4) is 0 Å². The molecule has 1 aromatic rings. The first-order chi connectivity index (χ1) is 7.88. The van der Waals surface area contributed by atoms with E-state index in [0.717, 1.165) is 0 Å². The summed E-state index contributed by atoms with van der Waals surface area (Å²) in [5.74, 6) is -0.0540. The van der Waals surface area contributed by atoms with Crippen molar-refractivity contribution in [2.24, 2.45) is 5.73 Å². The van der Waals surface area contributed by atoms with E-state index in [9.17, 15) is 8.42 Å². The minimum Gasteiger partial charge on any atom is -0.327 e. The Morgan fingerprint density at radius 1 is 1.35 bits per heavy atom. The molecule has 1 aromatic carbocycles. The average Bonchev–Trinajstić information content (AvgIpc) is 2.30. The van der Waals surface area contributed by atoms with Gasteiger partial charge in [0.2, 0.25) is 0 Å². The fraction of sp³-hybridized carbons (Fsp3) is 0.500. The lowest BCUT2D eigenvalue weighted by atomic mass is 10.2. The van der Waals surface area contributed by atoms with Crippen LogP contribution in [0.1, 0.15) is 25.8 Å². The largest absolute Gasteiger partial charge is 0.327 e. The fourth-order valence-electron chi connectivity index (χ4n) is 1.56. The van der Waals surface area contributed by atoms with E-state index in [1.54, 1.807) is 31.2 Å². The third kappa shape index (κ3) is 3.69. The first kappa shape index (κ1) is 14.5. The normalized spacial score (nSPS) is 15.5. The second-order valence-corrected chi connectivity index (χ2v) is 6.94. The lowest BCUT2D eigenvalue weighted by Gasteiger charge is -2.19. The van der Waals surface area contributed by atoms with Crippen molar-refractivity contribution >= 4 is 21.4 Å². The summed E-state index contributed by atoms with van der Waals surface area (Å²) in [6, 6.07) is 6.64. The lowest BCUT2D eigenvalue weighted by Crippen LogP contribution is -2.38. The van der Waals surface area contributed by atoms with Gasteiger partial charge in [-0.15, -0.1) is 0 Å². The van der Waals surface area contributed by atoms with E-state index in [0.29, 0.717) is 17.0 Å². The number of sulfone groups is 1. The molecule has 96 valence electrons. The van der Waals surface area contributed by atoms with Crippen LogP contribution in [0.25, 0.3) is 0 Å². The Hall–Kier alpha value is -0.580. The van der Waals surface area contributed by atoms with E-state index in [2.05, 4.69) is 0 Å². The highest BCUT2D eigenvalue weighted by Crippen LogP contribution is 2.20. The second kappa shape index (κ2) is 5.85. The standard InChI is InChI=1S/C12H18ClNO2S/c1-3-12(14)9(2)17(15,16)8-10-6-4-5-7-11(10)13/h4-7,9,12H,3,8,14H2,1-2H3. The Bertz CT molecular complexity index is 473. The third-order valence-electron chi connectivity index (χ3n) is 2.96. The molecule has 0 heterocycles. The Kier molecular flexibility index (Phi) is 4.98. The molecular weight excluding hydrogens is 258 g/mol. The molecule has 0 spiro atoms. The zero-order chi connectivity index (χ0) is 13.1. The van der Waals surface area contributed by atoms with E-state index in [1.807, 2.05) is 6.92 Å².